The molecule has 17 heavy (non-hydrogen) atoms. The topological polar surface area (TPSA) is 34.1 Å². The van der Waals surface area contributed by atoms with E-state index in [0.717, 1.165) is 17.5 Å². The van der Waals surface area contributed by atoms with Gasteiger partial charge in [0.2, 0.25) is 0 Å². The number of hydrogen-bond acceptors (Lipinski definition) is 2. The van der Waals surface area contributed by atoms with E-state index in [1.54, 1.807) is 0 Å². The highest BCUT2D eigenvalue weighted by Crippen LogP contribution is 2.39. The molecule has 0 N–H and O–H groups in total. The number of hydrogen-bond donors (Lipinski definition) is 0. The van der Waals surface area contributed by atoms with Crippen LogP contribution in [0.5, 0.6) is 0 Å². The summed E-state index contributed by atoms with van der Waals surface area (Å²) in [6.07, 6.45) is 0.736. The summed E-state index contributed by atoms with van der Waals surface area (Å²) in [7, 11) is -2.83. The second kappa shape index (κ2) is 4.90. The van der Waals surface area contributed by atoms with Crippen LogP contribution in [0.25, 0.3) is 0 Å². The molecule has 0 amide bonds. The molecule has 0 aromatic heterocycles. The van der Waals surface area contributed by atoms with Gasteiger partial charge in [-0.05, 0) is 42.5 Å². The highest BCUT2D eigenvalue weighted by atomic mass is 79.9. The molecule has 1 saturated heterocycles. The summed E-state index contributed by atoms with van der Waals surface area (Å²) in [5.41, 5.74) is 2.24. The Bertz CT molecular complexity index is 527. The molecule has 1 aromatic rings. The van der Waals surface area contributed by atoms with Crippen molar-refractivity contribution < 1.29 is 8.42 Å². The van der Waals surface area contributed by atoms with E-state index in [1.165, 1.54) is 0 Å². The van der Waals surface area contributed by atoms with Gasteiger partial charge in [0.05, 0.1) is 11.5 Å². The molecule has 1 aliphatic rings. The monoisotopic (exact) mass is 336 g/mol. The van der Waals surface area contributed by atoms with Crippen LogP contribution < -0.4 is 0 Å². The predicted molar refractivity (Wildman–Crippen MR) is 74.6 cm³/mol. The van der Waals surface area contributed by atoms with Gasteiger partial charge < -0.3 is 0 Å². The van der Waals surface area contributed by atoms with Gasteiger partial charge in [0.25, 0.3) is 0 Å². The van der Waals surface area contributed by atoms with Crippen molar-refractivity contribution in [3.63, 3.8) is 0 Å². The Hall–Kier alpha value is -0.0600. The van der Waals surface area contributed by atoms with E-state index in [0.29, 0.717) is 10.8 Å². The number of rotatable bonds is 2. The van der Waals surface area contributed by atoms with E-state index >= 15 is 0 Å². The Kier molecular flexibility index (Phi) is 3.86. The number of halogens is 2. The Balaban J connectivity index is 2.23. The second-order valence-electron chi connectivity index (χ2n) is 4.57. The lowest BCUT2D eigenvalue weighted by Gasteiger charge is -2.18. The standard InChI is InChI=1S/C12H14BrClO2S/c1-8-6-10(14)2-3-11(8)12(13)9-4-5-17(15,16)7-9/h2-3,6,9,12H,4-5,7H2,1H3. The summed E-state index contributed by atoms with van der Waals surface area (Å²) in [5.74, 6) is 0.761. The summed E-state index contributed by atoms with van der Waals surface area (Å²) in [6, 6.07) is 5.73. The van der Waals surface area contributed by atoms with Crippen LogP contribution in [0.15, 0.2) is 18.2 Å². The molecule has 1 aliphatic heterocycles. The van der Waals surface area contributed by atoms with Gasteiger partial charge in [-0.1, -0.05) is 33.6 Å². The van der Waals surface area contributed by atoms with Gasteiger partial charge in [-0.3, -0.25) is 0 Å². The summed E-state index contributed by atoms with van der Waals surface area (Å²) in [4.78, 5) is 0.0945. The Morgan fingerprint density at radius 2 is 2.18 bits per heavy atom. The molecule has 0 bridgehead atoms. The number of alkyl halides is 1. The fraction of sp³-hybridized carbons (Fsp3) is 0.500. The van der Waals surface area contributed by atoms with Crippen molar-refractivity contribution in [1.29, 1.82) is 0 Å². The SMILES string of the molecule is Cc1cc(Cl)ccc1C(Br)C1CCS(=O)(=O)C1. The van der Waals surface area contributed by atoms with Gasteiger partial charge in [0, 0.05) is 9.85 Å². The third-order valence-electron chi connectivity index (χ3n) is 3.21. The largest absolute Gasteiger partial charge is 0.229 e. The van der Waals surface area contributed by atoms with Crippen molar-refractivity contribution >= 4 is 37.4 Å². The molecule has 2 unspecified atom stereocenters. The first-order chi connectivity index (χ1) is 7.89. The van der Waals surface area contributed by atoms with Gasteiger partial charge in [-0.15, -0.1) is 0 Å². The molecule has 94 valence electrons. The smallest absolute Gasteiger partial charge is 0.150 e. The molecular weight excluding hydrogens is 324 g/mol. The minimum Gasteiger partial charge on any atom is -0.229 e. The van der Waals surface area contributed by atoms with E-state index in [4.69, 9.17) is 11.6 Å². The average Bonchev–Trinajstić information content (AvgIpc) is 2.58. The van der Waals surface area contributed by atoms with Crippen LogP contribution in [-0.4, -0.2) is 19.9 Å². The molecule has 1 heterocycles. The molecule has 1 fully saturated rings. The van der Waals surface area contributed by atoms with Crippen LogP contribution in [0.4, 0.5) is 0 Å². The Morgan fingerprint density at radius 1 is 1.47 bits per heavy atom. The summed E-state index contributed by atoms with van der Waals surface area (Å²) in [6.45, 7) is 2.00. The van der Waals surface area contributed by atoms with Crippen LogP contribution in [0.2, 0.25) is 5.02 Å². The highest BCUT2D eigenvalue weighted by Gasteiger charge is 2.33. The predicted octanol–water partition coefficient (Wildman–Crippen LogP) is 3.52. The van der Waals surface area contributed by atoms with Crippen LogP contribution in [0.3, 0.4) is 0 Å². The zero-order chi connectivity index (χ0) is 12.6. The Labute approximate surface area is 115 Å². The van der Waals surface area contributed by atoms with Crippen molar-refractivity contribution in [2.45, 2.75) is 18.2 Å². The van der Waals surface area contributed by atoms with E-state index in [-0.39, 0.29) is 16.5 Å². The zero-order valence-electron chi connectivity index (χ0n) is 9.49. The van der Waals surface area contributed by atoms with Crippen molar-refractivity contribution in [3.05, 3.63) is 34.3 Å². The maximum absolute atomic E-state index is 11.5. The van der Waals surface area contributed by atoms with Crippen molar-refractivity contribution in [1.82, 2.24) is 0 Å². The zero-order valence-corrected chi connectivity index (χ0v) is 12.6. The lowest BCUT2D eigenvalue weighted by molar-refractivity contribution is 0.578. The summed E-state index contributed by atoms with van der Waals surface area (Å²) >= 11 is 9.55. The summed E-state index contributed by atoms with van der Waals surface area (Å²) < 4.78 is 22.9. The van der Waals surface area contributed by atoms with Crippen LogP contribution >= 0.6 is 27.5 Å². The molecule has 2 nitrogen and oxygen atoms in total. The third-order valence-corrected chi connectivity index (χ3v) is 6.48. The second-order valence-corrected chi connectivity index (χ2v) is 8.22. The quantitative estimate of drug-likeness (QED) is 0.774. The van der Waals surface area contributed by atoms with Crippen molar-refractivity contribution in [2.24, 2.45) is 5.92 Å². The van der Waals surface area contributed by atoms with Crippen molar-refractivity contribution in [2.75, 3.05) is 11.5 Å². The molecular formula is C12H14BrClO2S. The molecule has 2 atom stereocenters. The molecule has 0 radical (unpaired) electrons. The number of aryl methyl sites for hydroxylation is 1. The minimum absolute atomic E-state index is 0.0945. The maximum atomic E-state index is 11.5. The van der Waals surface area contributed by atoms with Gasteiger partial charge in [0.1, 0.15) is 0 Å². The van der Waals surface area contributed by atoms with E-state index in [9.17, 15) is 8.42 Å². The van der Waals surface area contributed by atoms with Gasteiger partial charge in [-0.2, -0.15) is 0 Å². The van der Waals surface area contributed by atoms with Crippen LogP contribution in [0.1, 0.15) is 22.4 Å². The van der Waals surface area contributed by atoms with Crippen LogP contribution in [0, 0.1) is 12.8 Å². The van der Waals surface area contributed by atoms with E-state index in [2.05, 4.69) is 15.9 Å². The number of benzene rings is 1. The molecule has 5 heteroatoms. The third kappa shape index (κ3) is 3.04. The van der Waals surface area contributed by atoms with Crippen molar-refractivity contribution in [3.8, 4) is 0 Å². The molecule has 0 saturated carbocycles. The first kappa shape index (κ1) is 13.4. The first-order valence-corrected chi connectivity index (χ1v) is 8.61. The highest BCUT2D eigenvalue weighted by molar-refractivity contribution is 9.09. The molecule has 0 spiro atoms. The maximum Gasteiger partial charge on any atom is 0.150 e. The van der Waals surface area contributed by atoms with Gasteiger partial charge in [-0.25, -0.2) is 8.42 Å². The molecule has 2 rings (SSSR count). The molecule has 0 aliphatic carbocycles. The summed E-state index contributed by atoms with van der Waals surface area (Å²) in [5, 5.41) is 0.713. The fourth-order valence-corrected chi connectivity index (χ4v) is 5.54. The normalized spacial score (nSPS) is 24.8. The Morgan fingerprint density at radius 3 is 2.71 bits per heavy atom. The van der Waals surface area contributed by atoms with E-state index in [1.807, 2.05) is 25.1 Å². The van der Waals surface area contributed by atoms with E-state index < -0.39 is 9.84 Å². The first-order valence-electron chi connectivity index (χ1n) is 5.49. The van der Waals surface area contributed by atoms with Gasteiger partial charge >= 0.3 is 0 Å². The minimum atomic E-state index is -2.83. The average molecular weight is 338 g/mol. The lowest BCUT2D eigenvalue weighted by atomic mass is 9.95. The fourth-order valence-electron chi connectivity index (χ4n) is 2.26. The molecule has 1 aromatic carbocycles. The van der Waals surface area contributed by atoms with Crippen LogP contribution in [-0.2, 0) is 9.84 Å². The van der Waals surface area contributed by atoms with Gasteiger partial charge in [0.15, 0.2) is 9.84 Å². The number of sulfone groups is 1. The lowest BCUT2D eigenvalue weighted by Crippen LogP contribution is -2.11.